The number of halogens is 1. The number of rotatable bonds is 9. The van der Waals surface area contributed by atoms with Crippen molar-refractivity contribution in [1.82, 2.24) is 20.5 Å². The van der Waals surface area contributed by atoms with Gasteiger partial charge in [-0.05, 0) is 63.5 Å². The molecule has 1 aromatic carbocycles. The number of nitrogens with one attached hydrogen (secondary N) is 2. The maximum absolute atomic E-state index is 14.4. The van der Waals surface area contributed by atoms with Gasteiger partial charge in [0.05, 0.1) is 22.2 Å². The Morgan fingerprint density at radius 3 is 2.61 bits per heavy atom. The average Bonchev–Trinajstić information content (AvgIpc) is 3.29. The number of thioether (sulfide) groups is 1. The van der Waals surface area contributed by atoms with Crippen LogP contribution in [0.3, 0.4) is 0 Å². The van der Waals surface area contributed by atoms with E-state index in [4.69, 9.17) is 0 Å². The third kappa shape index (κ3) is 5.89. The highest BCUT2D eigenvalue weighted by atomic mass is 32.2. The highest BCUT2D eigenvalue weighted by Gasteiger charge is 2.53. The van der Waals surface area contributed by atoms with Crippen molar-refractivity contribution in [3.8, 4) is 10.4 Å². The maximum atomic E-state index is 14.4. The number of amides is 3. The number of aliphatic hydroxyl groups excluding tert-OH is 1. The summed E-state index contributed by atoms with van der Waals surface area (Å²) >= 11 is 2.94. The molecule has 1 aliphatic carbocycles. The van der Waals surface area contributed by atoms with Crippen molar-refractivity contribution < 1.29 is 23.9 Å². The zero-order valence-corrected chi connectivity index (χ0v) is 24.0. The van der Waals surface area contributed by atoms with Crippen LogP contribution in [-0.4, -0.2) is 74.1 Å². The second kappa shape index (κ2) is 10.9. The average molecular weight is 563 g/mol. The molecule has 11 heteroatoms. The molecular weight excluding hydrogens is 527 g/mol. The van der Waals surface area contributed by atoms with E-state index in [1.807, 2.05) is 37.7 Å². The summed E-state index contributed by atoms with van der Waals surface area (Å²) in [6.45, 7) is 7.76. The molecule has 3 amide bonds. The van der Waals surface area contributed by atoms with Gasteiger partial charge in [0.15, 0.2) is 5.67 Å². The largest absolute Gasteiger partial charge is 0.391 e. The molecule has 0 bridgehead atoms. The van der Waals surface area contributed by atoms with Crippen LogP contribution in [0.15, 0.2) is 23.7 Å². The van der Waals surface area contributed by atoms with Gasteiger partial charge in [-0.2, -0.15) is 11.8 Å². The van der Waals surface area contributed by atoms with Gasteiger partial charge in [0.1, 0.15) is 12.1 Å². The fourth-order valence-electron chi connectivity index (χ4n) is 4.63. The number of thiazole rings is 1. The van der Waals surface area contributed by atoms with Crippen molar-refractivity contribution in [2.75, 3.05) is 12.8 Å². The van der Waals surface area contributed by atoms with Crippen molar-refractivity contribution in [3.63, 3.8) is 0 Å². The monoisotopic (exact) mass is 562 g/mol. The summed E-state index contributed by atoms with van der Waals surface area (Å²) in [5.74, 6) is -1.68. The highest BCUT2D eigenvalue weighted by molar-refractivity contribution is 8.00. The van der Waals surface area contributed by atoms with E-state index in [0.717, 1.165) is 27.3 Å². The third-order valence-electron chi connectivity index (χ3n) is 7.51. The molecule has 1 aliphatic heterocycles. The predicted molar refractivity (Wildman–Crippen MR) is 148 cm³/mol. The van der Waals surface area contributed by atoms with E-state index >= 15 is 0 Å². The minimum absolute atomic E-state index is 0.0313. The summed E-state index contributed by atoms with van der Waals surface area (Å²) < 4.78 is 13.7. The van der Waals surface area contributed by atoms with Crippen LogP contribution in [0.5, 0.6) is 0 Å². The number of aliphatic hydroxyl groups is 1. The molecule has 3 N–H and O–H groups in total. The molecule has 1 saturated carbocycles. The molecule has 38 heavy (non-hydrogen) atoms. The fraction of sp³-hybridized carbons (Fsp3) is 0.556. The highest BCUT2D eigenvalue weighted by Crippen LogP contribution is 2.40. The number of β-amino-alcohol motifs (C(OH)–C–C–N with tert-alkyl or cyclic N) is 1. The first-order valence-corrected chi connectivity index (χ1v) is 14.8. The number of nitrogens with zero attached hydrogens (tertiary/aromatic N) is 2. The van der Waals surface area contributed by atoms with Crippen LogP contribution >= 0.6 is 23.1 Å². The predicted octanol–water partition coefficient (Wildman–Crippen LogP) is 3.13. The number of carbonyl (C=O) groups excluding carboxylic acids is 3. The van der Waals surface area contributed by atoms with Gasteiger partial charge in [-0.1, -0.05) is 18.2 Å². The Balaban J connectivity index is 1.46. The number of aromatic nitrogens is 1. The Morgan fingerprint density at radius 1 is 1.32 bits per heavy atom. The maximum Gasteiger partial charge on any atom is 0.258 e. The van der Waals surface area contributed by atoms with Crippen LogP contribution in [-0.2, 0) is 20.9 Å². The van der Waals surface area contributed by atoms with Gasteiger partial charge in [0.2, 0.25) is 11.8 Å². The minimum Gasteiger partial charge on any atom is -0.391 e. The standard InChI is InChI=1S/C27H35FN4O4S2/c1-15-10-17(21-16(2)30-14-38-21)6-7-18(15)12-29-23(34)20-11-19(33)13-32(20)24(35)22(26(3,4)37-5)31-25(36)27(28)8-9-27/h6-7,10,14,19-20,22,33H,8-9,11-13H2,1-5H3,(H,29,34)(H,31,36)/t19-,20?,22-/m1/s1. The van der Waals surface area contributed by atoms with Crippen LogP contribution < -0.4 is 10.6 Å². The molecule has 206 valence electrons. The molecule has 3 atom stereocenters. The number of hydrogen-bond donors (Lipinski definition) is 3. The molecule has 4 rings (SSSR count). The van der Waals surface area contributed by atoms with Gasteiger partial charge < -0.3 is 20.6 Å². The third-order valence-corrected chi connectivity index (χ3v) is 9.77. The SMILES string of the molecule is CSC(C)(C)[C@H](NC(=O)C1(F)CC1)C(=O)N1C[C@H](O)CC1C(=O)NCc1ccc(-c2scnc2C)cc1C. The van der Waals surface area contributed by atoms with Crippen LogP contribution in [0, 0.1) is 13.8 Å². The zero-order valence-electron chi connectivity index (χ0n) is 22.3. The molecule has 2 fully saturated rings. The molecule has 2 heterocycles. The van der Waals surface area contributed by atoms with Crippen LogP contribution in [0.4, 0.5) is 4.39 Å². The molecule has 2 aliphatic rings. The number of benzene rings is 1. The summed E-state index contributed by atoms with van der Waals surface area (Å²) in [6, 6.07) is 4.08. The Morgan fingerprint density at radius 2 is 2.03 bits per heavy atom. The van der Waals surface area contributed by atoms with Gasteiger partial charge in [-0.25, -0.2) is 9.37 Å². The lowest BCUT2D eigenvalue weighted by molar-refractivity contribution is -0.143. The molecule has 2 aromatic rings. The van der Waals surface area contributed by atoms with Crippen LogP contribution in [0.1, 0.15) is 49.9 Å². The van der Waals surface area contributed by atoms with E-state index in [1.54, 1.807) is 25.2 Å². The quantitative estimate of drug-likeness (QED) is 0.433. The molecule has 8 nitrogen and oxygen atoms in total. The van der Waals surface area contributed by atoms with Crippen molar-refractivity contribution in [2.45, 2.75) is 82.1 Å². The summed E-state index contributed by atoms with van der Waals surface area (Å²) in [5.41, 5.74) is 3.87. The van der Waals surface area contributed by atoms with Crippen molar-refractivity contribution in [1.29, 1.82) is 0 Å². The molecule has 0 spiro atoms. The number of carbonyl (C=O) groups is 3. The van der Waals surface area contributed by atoms with Gasteiger partial charge in [-0.15, -0.1) is 11.3 Å². The van der Waals surface area contributed by atoms with Crippen molar-refractivity contribution >= 4 is 40.8 Å². The van der Waals surface area contributed by atoms with Crippen molar-refractivity contribution in [2.24, 2.45) is 0 Å². The normalized spacial score (nSPS) is 21.2. The zero-order chi connectivity index (χ0) is 27.8. The second-order valence-electron chi connectivity index (χ2n) is 10.7. The Hall–Kier alpha value is -2.50. The lowest BCUT2D eigenvalue weighted by atomic mass is 10.00. The Kier molecular flexibility index (Phi) is 8.20. The van der Waals surface area contributed by atoms with Gasteiger partial charge >= 0.3 is 0 Å². The van der Waals surface area contributed by atoms with E-state index in [1.165, 1.54) is 16.7 Å². The van der Waals surface area contributed by atoms with Gasteiger partial charge in [-0.3, -0.25) is 14.4 Å². The minimum atomic E-state index is -1.93. The van der Waals surface area contributed by atoms with E-state index in [-0.39, 0.29) is 38.3 Å². The number of alkyl halides is 1. The van der Waals surface area contributed by atoms with Crippen molar-refractivity contribution in [3.05, 3.63) is 40.5 Å². The number of likely N-dealkylation sites (tertiary alicyclic amines) is 1. The summed E-state index contributed by atoms with van der Waals surface area (Å²) in [6.07, 6.45) is 1.30. The molecule has 1 aromatic heterocycles. The Bertz CT molecular complexity index is 1230. The summed E-state index contributed by atoms with van der Waals surface area (Å²) in [5, 5.41) is 15.9. The topological polar surface area (TPSA) is 112 Å². The number of aryl methyl sites for hydroxylation is 2. The van der Waals surface area contributed by atoms with Gasteiger partial charge in [0, 0.05) is 24.3 Å². The fourth-order valence-corrected chi connectivity index (χ4v) is 5.83. The molecular formula is C27H35FN4O4S2. The molecule has 1 saturated heterocycles. The first-order chi connectivity index (χ1) is 17.9. The van der Waals surface area contributed by atoms with Gasteiger partial charge in [0.25, 0.3) is 5.91 Å². The second-order valence-corrected chi connectivity index (χ2v) is 13.0. The summed E-state index contributed by atoms with van der Waals surface area (Å²) in [4.78, 5) is 46.2. The summed E-state index contributed by atoms with van der Waals surface area (Å²) in [7, 11) is 0. The lowest BCUT2D eigenvalue weighted by Gasteiger charge is -2.36. The first kappa shape index (κ1) is 28.5. The molecule has 1 unspecified atom stereocenters. The smallest absolute Gasteiger partial charge is 0.258 e. The number of hydrogen-bond acceptors (Lipinski definition) is 7. The lowest BCUT2D eigenvalue weighted by Crippen LogP contribution is -2.60. The van der Waals surface area contributed by atoms with E-state index < -0.39 is 40.4 Å². The van der Waals surface area contributed by atoms with E-state index in [0.29, 0.717) is 0 Å². The van der Waals surface area contributed by atoms with E-state index in [2.05, 4.69) is 21.7 Å². The van der Waals surface area contributed by atoms with Crippen LogP contribution in [0.2, 0.25) is 0 Å². The first-order valence-electron chi connectivity index (χ1n) is 12.7. The molecule has 0 radical (unpaired) electrons. The Labute approximate surface area is 230 Å². The van der Waals surface area contributed by atoms with Crippen LogP contribution in [0.25, 0.3) is 10.4 Å². The van der Waals surface area contributed by atoms with E-state index in [9.17, 15) is 23.9 Å².